The topological polar surface area (TPSA) is 29.3 Å². The number of nitrogens with two attached hydrogens (primary N) is 1. The van der Waals surface area contributed by atoms with Crippen molar-refractivity contribution in [1.82, 2.24) is 4.90 Å². The summed E-state index contributed by atoms with van der Waals surface area (Å²) in [4.78, 5) is 4.28. The lowest BCUT2D eigenvalue weighted by atomic mass is 9.73. The van der Waals surface area contributed by atoms with E-state index in [1.807, 2.05) is 11.3 Å². The van der Waals surface area contributed by atoms with Crippen molar-refractivity contribution in [2.75, 3.05) is 13.1 Å². The normalized spacial score (nSPS) is 31.5. The fourth-order valence-corrected chi connectivity index (χ4v) is 4.99. The number of nitrogens with zero attached hydrogens (tertiary/aromatic N) is 1. The van der Waals surface area contributed by atoms with Gasteiger partial charge in [-0.25, -0.2) is 0 Å². The molecule has 18 heavy (non-hydrogen) atoms. The molecule has 1 unspecified atom stereocenters. The van der Waals surface area contributed by atoms with E-state index in [0.717, 1.165) is 13.1 Å². The Bertz CT molecular complexity index is 437. The maximum absolute atomic E-state index is 6.23. The molecule has 0 aromatic carbocycles. The number of hydrogen-bond donors (Lipinski definition) is 1. The zero-order valence-electron chi connectivity index (χ0n) is 11.5. The third kappa shape index (κ3) is 1.68. The average molecular weight is 264 g/mol. The molecule has 0 spiro atoms. The molecule has 1 aromatic rings. The Morgan fingerprint density at radius 1 is 1.39 bits per heavy atom. The molecule has 2 nitrogen and oxygen atoms in total. The molecular weight excluding hydrogens is 240 g/mol. The second-order valence-corrected chi connectivity index (χ2v) is 7.51. The van der Waals surface area contributed by atoms with Crippen LogP contribution in [0.2, 0.25) is 0 Å². The first-order valence-corrected chi connectivity index (χ1v) is 7.97. The van der Waals surface area contributed by atoms with Crippen molar-refractivity contribution in [2.45, 2.75) is 51.6 Å². The molecule has 2 aliphatic rings. The van der Waals surface area contributed by atoms with Crippen molar-refractivity contribution in [1.29, 1.82) is 0 Å². The van der Waals surface area contributed by atoms with Gasteiger partial charge >= 0.3 is 0 Å². The van der Waals surface area contributed by atoms with Gasteiger partial charge in [0.1, 0.15) is 0 Å². The second kappa shape index (κ2) is 4.32. The molecule has 1 atom stereocenters. The Morgan fingerprint density at radius 2 is 2.22 bits per heavy atom. The quantitative estimate of drug-likeness (QED) is 0.889. The summed E-state index contributed by atoms with van der Waals surface area (Å²) in [5, 5.41) is 2.24. The van der Waals surface area contributed by atoms with E-state index in [1.165, 1.54) is 32.2 Å². The van der Waals surface area contributed by atoms with Gasteiger partial charge in [0.2, 0.25) is 0 Å². The fourth-order valence-electron chi connectivity index (χ4n) is 4.10. The summed E-state index contributed by atoms with van der Waals surface area (Å²) < 4.78 is 0. The van der Waals surface area contributed by atoms with E-state index in [4.69, 9.17) is 5.73 Å². The summed E-state index contributed by atoms with van der Waals surface area (Å²) in [5.41, 5.74) is 8.36. The van der Waals surface area contributed by atoms with E-state index in [1.54, 1.807) is 10.4 Å². The zero-order chi connectivity index (χ0) is 12.8. The highest BCUT2D eigenvalue weighted by molar-refractivity contribution is 7.10. The van der Waals surface area contributed by atoms with Gasteiger partial charge in [0, 0.05) is 30.1 Å². The van der Waals surface area contributed by atoms with Crippen molar-refractivity contribution < 1.29 is 0 Å². The first-order chi connectivity index (χ1) is 8.59. The van der Waals surface area contributed by atoms with Crippen molar-refractivity contribution in [3.05, 3.63) is 21.9 Å². The van der Waals surface area contributed by atoms with Crippen LogP contribution in [0.5, 0.6) is 0 Å². The fraction of sp³-hybridized carbons (Fsp3) is 0.733. The molecule has 2 N–H and O–H groups in total. The Labute approximate surface area is 114 Å². The third-order valence-electron chi connectivity index (χ3n) is 5.40. The average Bonchev–Trinajstić information content (AvgIpc) is 2.92. The molecule has 1 saturated carbocycles. The molecule has 3 rings (SSSR count). The third-order valence-corrected chi connectivity index (χ3v) is 6.43. The Morgan fingerprint density at radius 3 is 2.89 bits per heavy atom. The molecular formula is C15H24N2S. The molecule has 0 amide bonds. The molecule has 0 saturated heterocycles. The highest BCUT2D eigenvalue weighted by Crippen LogP contribution is 2.50. The Kier molecular flexibility index (Phi) is 3.04. The van der Waals surface area contributed by atoms with E-state index in [2.05, 4.69) is 30.2 Å². The lowest BCUT2D eigenvalue weighted by molar-refractivity contribution is 0.00273. The van der Waals surface area contributed by atoms with Gasteiger partial charge in [0.15, 0.2) is 0 Å². The van der Waals surface area contributed by atoms with Crippen LogP contribution in [0.1, 0.15) is 43.6 Å². The minimum Gasteiger partial charge on any atom is -0.329 e. The standard InChI is InChI=1S/C15H24N2S/c1-14(2)6-3-7-15(14,11-16)17-8-4-13-12(10-17)5-9-18-13/h5,9H,3-4,6-8,10-11,16H2,1-2H3. The number of rotatable bonds is 2. The van der Waals surface area contributed by atoms with Gasteiger partial charge in [-0.3, -0.25) is 4.90 Å². The van der Waals surface area contributed by atoms with Crippen LogP contribution in [-0.2, 0) is 13.0 Å². The summed E-state index contributed by atoms with van der Waals surface area (Å²) in [5.74, 6) is 0. The molecule has 3 heteroatoms. The Balaban J connectivity index is 1.90. The molecule has 1 fully saturated rings. The van der Waals surface area contributed by atoms with E-state index in [9.17, 15) is 0 Å². The van der Waals surface area contributed by atoms with Gasteiger partial charge < -0.3 is 5.73 Å². The van der Waals surface area contributed by atoms with Gasteiger partial charge in [0.05, 0.1) is 0 Å². The van der Waals surface area contributed by atoms with Crippen LogP contribution in [0, 0.1) is 5.41 Å². The summed E-state index contributed by atoms with van der Waals surface area (Å²) >= 11 is 1.92. The van der Waals surface area contributed by atoms with E-state index < -0.39 is 0 Å². The molecule has 1 aromatic heterocycles. The molecule has 0 radical (unpaired) electrons. The van der Waals surface area contributed by atoms with Crippen molar-refractivity contribution in [3.63, 3.8) is 0 Å². The Hall–Kier alpha value is -0.380. The number of fused-ring (bicyclic) bond motifs is 1. The minimum absolute atomic E-state index is 0.229. The lowest BCUT2D eigenvalue weighted by Gasteiger charge is -2.50. The number of hydrogen-bond acceptors (Lipinski definition) is 3. The SMILES string of the molecule is CC1(C)CCCC1(CN)N1CCc2sccc2C1. The first-order valence-electron chi connectivity index (χ1n) is 7.09. The predicted octanol–water partition coefficient (Wildman–Crippen LogP) is 3.01. The van der Waals surface area contributed by atoms with Crippen LogP contribution in [0.25, 0.3) is 0 Å². The van der Waals surface area contributed by atoms with Crippen LogP contribution < -0.4 is 5.73 Å². The summed E-state index contributed by atoms with van der Waals surface area (Å²) in [6, 6.07) is 2.30. The van der Waals surface area contributed by atoms with Gasteiger partial charge in [-0.1, -0.05) is 20.3 Å². The maximum Gasteiger partial charge on any atom is 0.0386 e. The molecule has 0 bridgehead atoms. The maximum atomic E-state index is 6.23. The molecule has 1 aliphatic carbocycles. The van der Waals surface area contributed by atoms with Crippen LogP contribution in [-0.4, -0.2) is 23.5 Å². The summed E-state index contributed by atoms with van der Waals surface area (Å²) in [6.07, 6.45) is 5.13. The van der Waals surface area contributed by atoms with Gasteiger partial charge in [-0.05, 0) is 41.7 Å². The molecule has 1 aliphatic heterocycles. The van der Waals surface area contributed by atoms with Gasteiger partial charge in [-0.15, -0.1) is 11.3 Å². The van der Waals surface area contributed by atoms with Gasteiger partial charge in [-0.2, -0.15) is 0 Å². The van der Waals surface area contributed by atoms with E-state index >= 15 is 0 Å². The van der Waals surface area contributed by atoms with Crippen molar-refractivity contribution in [2.24, 2.45) is 11.1 Å². The minimum atomic E-state index is 0.229. The van der Waals surface area contributed by atoms with E-state index in [0.29, 0.717) is 5.41 Å². The smallest absolute Gasteiger partial charge is 0.0386 e. The number of thiophene rings is 1. The molecule has 100 valence electrons. The van der Waals surface area contributed by atoms with Gasteiger partial charge in [0.25, 0.3) is 0 Å². The van der Waals surface area contributed by atoms with Crippen LogP contribution >= 0.6 is 11.3 Å². The second-order valence-electron chi connectivity index (χ2n) is 6.51. The van der Waals surface area contributed by atoms with Crippen molar-refractivity contribution >= 4 is 11.3 Å². The van der Waals surface area contributed by atoms with Crippen LogP contribution in [0.15, 0.2) is 11.4 Å². The van der Waals surface area contributed by atoms with Crippen molar-refractivity contribution in [3.8, 4) is 0 Å². The largest absolute Gasteiger partial charge is 0.329 e. The van der Waals surface area contributed by atoms with Crippen LogP contribution in [0.3, 0.4) is 0 Å². The van der Waals surface area contributed by atoms with Crippen LogP contribution in [0.4, 0.5) is 0 Å². The monoisotopic (exact) mass is 264 g/mol. The molecule has 2 heterocycles. The highest BCUT2D eigenvalue weighted by Gasteiger charge is 2.51. The first kappa shape index (κ1) is 12.6. The van der Waals surface area contributed by atoms with E-state index in [-0.39, 0.29) is 5.54 Å². The predicted molar refractivity (Wildman–Crippen MR) is 77.9 cm³/mol. The highest BCUT2D eigenvalue weighted by atomic mass is 32.1. The summed E-state index contributed by atoms with van der Waals surface area (Å²) in [6.45, 7) is 7.93. The lowest BCUT2D eigenvalue weighted by Crippen LogP contribution is -2.60. The zero-order valence-corrected chi connectivity index (χ0v) is 12.4. The summed E-state index contributed by atoms with van der Waals surface area (Å²) in [7, 11) is 0.